The molecule has 0 heterocycles. The first-order valence-electron chi connectivity index (χ1n) is 6.48. The second-order valence-corrected chi connectivity index (χ2v) is 5.09. The fraction of sp³-hybridized carbons (Fsp3) is 0.846. The van der Waals surface area contributed by atoms with Gasteiger partial charge in [-0.25, -0.2) is 0 Å². The molecule has 86 valence electrons. The molecule has 0 spiro atoms. The SMILES string of the molecule is CC(CNC1CC1)NCCC1C=CCC1. The van der Waals surface area contributed by atoms with E-state index in [1.165, 1.54) is 38.6 Å². The summed E-state index contributed by atoms with van der Waals surface area (Å²) in [7, 11) is 0. The van der Waals surface area contributed by atoms with Gasteiger partial charge in [0.15, 0.2) is 0 Å². The molecule has 2 aliphatic carbocycles. The summed E-state index contributed by atoms with van der Waals surface area (Å²) >= 11 is 0. The molecule has 2 unspecified atom stereocenters. The summed E-state index contributed by atoms with van der Waals surface area (Å²) < 4.78 is 0. The molecule has 1 fully saturated rings. The average molecular weight is 208 g/mol. The number of hydrogen-bond acceptors (Lipinski definition) is 2. The van der Waals surface area contributed by atoms with Gasteiger partial charge in [-0.2, -0.15) is 0 Å². The van der Waals surface area contributed by atoms with Crippen LogP contribution in [-0.2, 0) is 0 Å². The fourth-order valence-electron chi connectivity index (χ4n) is 2.15. The van der Waals surface area contributed by atoms with Crippen LogP contribution in [0.3, 0.4) is 0 Å². The molecular weight excluding hydrogens is 184 g/mol. The van der Waals surface area contributed by atoms with Gasteiger partial charge >= 0.3 is 0 Å². The summed E-state index contributed by atoms with van der Waals surface area (Å²) in [4.78, 5) is 0. The Bertz CT molecular complexity index is 209. The number of hydrogen-bond donors (Lipinski definition) is 2. The Hall–Kier alpha value is -0.340. The lowest BCUT2D eigenvalue weighted by molar-refractivity contribution is 0.464. The van der Waals surface area contributed by atoms with Crippen LogP contribution in [-0.4, -0.2) is 25.2 Å². The number of rotatable bonds is 7. The zero-order valence-corrected chi connectivity index (χ0v) is 9.84. The molecule has 0 aromatic carbocycles. The minimum atomic E-state index is 0.621. The van der Waals surface area contributed by atoms with Gasteiger partial charge in [0.05, 0.1) is 0 Å². The maximum Gasteiger partial charge on any atom is 0.0164 e. The minimum Gasteiger partial charge on any atom is -0.313 e. The second kappa shape index (κ2) is 5.66. The van der Waals surface area contributed by atoms with E-state index in [4.69, 9.17) is 0 Å². The van der Waals surface area contributed by atoms with E-state index in [2.05, 4.69) is 29.7 Å². The Kier molecular flexibility index (Phi) is 4.21. The smallest absolute Gasteiger partial charge is 0.0164 e. The Morgan fingerprint density at radius 3 is 2.87 bits per heavy atom. The first kappa shape index (κ1) is 11.2. The minimum absolute atomic E-state index is 0.621. The summed E-state index contributed by atoms with van der Waals surface area (Å²) in [5.74, 6) is 0.848. The Morgan fingerprint density at radius 2 is 2.20 bits per heavy atom. The van der Waals surface area contributed by atoms with Crippen molar-refractivity contribution >= 4 is 0 Å². The Labute approximate surface area is 93.5 Å². The lowest BCUT2D eigenvalue weighted by Crippen LogP contribution is -2.37. The van der Waals surface area contributed by atoms with Gasteiger partial charge in [0.1, 0.15) is 0 Å². The van der Waals surface area contributed by atoms with Crippen molar-refractivity contribution in [2.24, 2.45) is 5.92 Å². The van der Waals surface area contributed by atoms with E-state index in [1.54, 1.807) is 0 Å². The molecule has 0 amide bonds. The van der Waals surface area contributed by atoms with E-state index >= 15 is 0 Å². The summed E-state index contributed by atoms with van der Waals surface area (Å²) in [5, 5.41) is 7.15. The summed E-state index contributed by atoms with van der Waals surface area (Å²) in [6, 6.07) is 1.46. The molecule has 15 heavy (non-hydrogen) atoms. The summed E-state index contributed by atoms with van der Waals surface area (Å²) in [6.45, 7) is 4.58. The number of allylic oxidation sites excluding steroid dienone is 2. The average Bonchev–Trinajstić information content (AvgIpc) is 2.92. The lowest BCUT2D eigenvalue weighted by atomic mass is 10.1. The maximum atomic E-state index is 3.60. The van der Waals surface area contributed by atoms with Crippen molar-refractivity contribution in [2.75, 3.05) is 13.1 Å². The van der Waals surface area contributed by atoms with Crippen LogP contribution in [0, 0.1) is 5.92 Å². The molecule has 1 saturated carbocycles. The molecule has 2 atom stereocenters. The maximum absolute atomic E-state index is 3.60. The van der Waals surface area contributed by atoms with Gasteiger partial charge in [0, 0.05) is 18.6 Å². The van der Waals surface area contributed by atoms with E-state index in [-0.39, 0.29) is 0 Å². The zero-order chi connectivity index (χ0) is 10.5. The van der Waals surface area contributed by atoms with Crippen molar-refractivity contribution in [3.63, 3.8) is 0 Å². The molecule has 2 aliphatic rings. The molecule has 0 radical (unpaired) electrons. The molecule has 0 aromatic heterocycles. The van der Waals surface area contributed by atoms with Crippen molar-refractivity contribution in [1.82, 2.24) is 10.6 Å². The third kappa shape index (κ3) is 4.35. The van der Waals surface area contributed by atoms with Gasteiger partial charge in [-0.3, -0.25) is 0 Å². The highest BCUT2D eigenvalue weighted by atomic mass is 15.0. The van der Waals surface area contributed by atoms with Gasteiger partial charge in [-0.15, -0.1) is 0 Å². The van der Waals surface area contributed by atoms with Crippen LogP contribution in [0.4, 0.5) is 0 Å². The van der Waals surface area contributed by atoms with Gasteiger partial charge in [0.2, 0.25) is 0 Å². The highest BCUT2D eigenvalue weighted by Crippen LogP contribution is 2.20. The number of nitrogens with one attached hydrogen (secondary N) is 2. The Balaban J connectivity index is 1.46. The van der Waals surface area contributed by atoms with Crippen LogP contribution in [0.1, 0.15) is 39.0 Å². The van der Waals surface area contributed by atoms with Crippen LogP contribution >= 0.6 is 0 Å². The van der Waals surface area contributed by atoms with E-state index in [9.17, 15) is 0 Å². The van der Waals surface area contributed by atoms with Crippen LogP contribution in [0.2, 0.25) is 0 Å². The molecule has 0 aliphatic heterocycles. The molecule has 0 bridgehead atoms. The molecule has 2 nitrogen and oxygen atoms in total. The van der Waals surface area contributed by atoms with Crippen LogP contribution in [0.25, 0.3) is 0 Å². The quantitative estimate of drug-likeness (QED) is 0.626. The molecule has 2 N–H and O–H groups in total. The monoisotopic (exact) mass is 208 g/mol. The normalized spacial score (nSPS) is 27.1. The van der Waals surface area contributed by atoms with Crippen molar-refractivity contribution < 1.29 is 0 Å². The lowest BCUT2D eigenvalue weighted by Gasteiger charge is -2.15. The van der Waals surface area contributed by atoms with E-state index in [1.807, 2.05) is 0 Å². The molecule has 0 aromatic rings. The first-order valence-corrected chi connectivity index (χ1v) is 6.48. The van der Waals surface area contributed by atoms with Gasteiger partial charge in [-0.1, -0.05) is 12.2 Å². The predicted molar refractivity (Wildman–Crippen MR) is 65.0 cm³/mol. The first-order chi connectivity index (χ1) is 7.34. The predicted octanol–water partition coefficient (Wildman–Crippen LogP) is 2.07. The zero-order valence-electron chi connectivity index (χ0n) is 9.84. The summed E-state index contributed by atoms with van der Waals surface area (Å²) in [6.07, 6.45) is 11.5. The van der Waals surface area contributed by atoms with E-state index in [0.717, 1.165) is 18.5 Å². The highest BCUT2D eigenvalue weighted by molar-refractivity contribution is 4.96. The van der Waals surface area contributed by atoms with Crippen LogP contribution in [0.5, 0.6) is 0 Å². The van der Waals surface area contributed by atoms with Crippen molar-refractivity contribution in [3.05, 3.63) is 12.2 Å². The van der Waals surface area contributed by atoms with Crippen molar-refractivity contribution in [1.29, 1.82) is 0 Å². The molecule has 2 heteroatoms. The van der Waals surface area contributed by atoms with Crippen LogP contribution in [0.15, 0.2) is 12.2 Å². The molecular formula is C13H24N2. The molecule has 2 rings (SSSR count). The third-order valence-corrected chi connectivity index (χ3v) is 3.41. The molecule has 0 saturated heterocycles. The van der Waals surface area contributed by atoms with Crippen molar-refractivity contribution in [3.8, 4) is 0 Å². The van der Waals surface area contributed by atoms with E-state index < -0.39 is 0 Å². The van der Waals surface area contributed by atoms with Gasteiger partial charge in [-0.05, 0) is 51.5 Å². The van der Waals surface area contributed by atoms with E-state index in [0.29, 0.717) is 6.04 Å². The third-order valence-electron chi connectivity index (χ3n) is 3.41. The van der Waals surface area contributed by atoms with Gasteiger partial charge < -0.3 is 10.6 Å². The van der Waals surface area contributed by atoms with Crippen LogP contribution < -0.4 is 10.6 Å². The topological polar surface area (TPSA) is 24.1 Å². The highest BCUT2D eigenvalue weighted by Gasteiger charge is 2.20. The summed E-state index contributed by atoms with van der Waals surface area (Å²) in [5.41, 5.74) is 0. The Morgan fingerprint density at radius 1 is 1.33 bits per heavy atom. The van der Waals surface area contributed by atoms with Gasteiger partial charge in [0.25, 0.3) is 0 Å². The standard InChI is InChI=1S/C13H24N2/c1-11(10-15-13-6-7-13)14-9-8-12-4-2-3-5-12/h2,4,11-15H,3,5-10H2,1H3. The fourth-order valence-corrected chi connectivity index (χ4v) is 2.15. The largest absolute Gasteiger partial charge is 0.313 e. The second-order valence-electron chi connectivity index (χ2n) is 5.09. The van der Waals surface area contributed by atoms with Crippen molar-refractivity contribution in [2.45, 2.75) is 51.1 Å².